The van der Waals surface area contributed by atoms with E-state index >= 15 is 0 Å². The zero-order valence-electron chi connectivity index (χ0n) is 6.95. The molecule has 2 unspecified atom stereocenters. The van der Waals surface area contributed by atoms with Gasteiger partial charge in [0.15, 0.2) is 0 Å². The summed E-state index contributed by atoms with van der Waals surface area (Å²) < 4.78 is 0.882. The third-order valence-corrected chi connectivity index (χ3v) is 5.91. The minimum absolute atomic E-state index is 0.824. The molecular formula is C8H16S3. The molecule has 1 saturated heterocycles. The summed E-state index contributed by atoms with van der Waals surface area (Å²) in [5.41, 5.74) is 0. The zero-order chi connectivity index (χ0) is 8.10. The van der Waals surface area contributed by atoms with E-state index in [4.69, 9.17) is 0 Å². The SMILES string of the molecule is CCCCC1SCC(CS)S1. The highest BCUT2D eigenvalue weighted by molar-refractivity contribution is 8.20. The van der Waals surface area contributed by atoms with Crippen molar-refractivity contribution in [3.8, 4) is 0 Å². The molecule has 1 rings (SSSR count). The highest BCUT2D eigenvalue weighted by atomic mass is 32.2. The number of hydrogen-bond acceptors (Lipinski definition) is 3. The zero-order valence-corrected chi connectivity index (χ0v) is 9.48. The Hall–Kier alpha value is 1.05. The average Bonchev–Trinajstić information content (AvgIpc) is 2.48. The van der Waals surface area contributed by atoms with Crippen LogP contribution in [-0.4, -0.2) is 21.3 Å². The number of unbranched alkanes of at least 4 members (excludes halogenated alkanes) is 1. The van der Waals surface area contributed by atoms with Crippen molar-refractivity contribution in [1.29, 1.82) is 0 Å². The fourth-order valence-corrected chi connectivity index (χ4v) is 4.96. The Labute approximate surface area is 83.7 Å². The molecule has 11 heavy (non-hydrogen) atoms. The third-order valence-electron chi connectivity index (χ3n) is 1.81. The summed E-state index contributed by atoms with van der Waals surface area (Å²) in [5, 5.41) is 0.824. The minimum atomic E-state index is 0.824. The number of hydrogen-bond donors (Lipinski definition) is 1. The summed E-state index contributed by atoms with van der Waals surface area (Å²) in [4.78, 5) is 0. The Balaban J connectivity index is 2.09. The lowest BCUT2D eigenvalue weighted by Gasteiger charge is -2.06. The van der Waals surface area contributed by atoms with Gasteiger partial charge in [-0.3, -0.25) is 0 Å². The lowest BCUT2D eigenvalue weighted by molar-refractivity contribution is 0.764. The van der Waals surface area contributed by atoms with Crippen LogP contribution in [0.3, 0.4) is 0 Å². The quantitative estimate of drug-likeness (QED) is 0.704. The molecule has 0 amide bonds. The van der Waals surface area contributed by atoms with E-state index in [0.717, 1.165) is 15.6 Å². The van der Waals surface area contributed by atoms with Crippen molar-refractivity contribution in [2.75, 3.05) is 11.5 Å². The molecule has 3 heteroatoms. The van der Waals surface area contributed by atoms with Crippen molar-refractivity contribution >= 4 is 36.2 Å². The summed E-state index contributed by atoms with van der Waals surface area (Å²) >= 11 is 8.58. The predicted octanol–water partition coefficient (Wildman–Crippen LogP) is 3.28. The van der Waals surface area contributed by atoms with Crippen LogP contribution in [0.1, 0.15) is 26.2 Å². The van der Waals surface area contributed by atoms with Gasteiger partial charge in [-0.25, -0.2) is 0 Å². The summed E-state index contributed by atoms with van der Waals surface area (Å²) in [6, 6.07) is 0. The van der Waals surface area contributed by atoms with Crippen LogP contribution in [0, 0.1) is 0 Å². The molecule has 0 N–H and O–H groups in total. The molecule has 0 saturated carbocycles. The van der Waals surface area contributed by atoms with E-state index in [2.05, 4.69) is 43.1 Å². The van der Waals surface area contributed by atoms with Crippen molar-refractivity contribution in [3.05, 3.63) is 0 Å². The van der Waals surface area contributed by atoms with Crippen molar-refractivity contribution < 1.29 is 0 Å². The van der Waals surface area contributed by atoms with E-state index < -0.39 is 0 Å². The molecule has 0 aliphatic carbocycles. The van der Waals surface area contributed by atoms with E-state index in [1.54, 1.807) is 0 Å². The molecule has 1 aliphatic rings. The summed E-state index contributed by atoms with van der Waals surface area (Å²) in [5.74, 6) is 2.38. The molecule has 1 fully saturated rings. The van der Waals surface area contributed by atoms with Gasteiger partial charge in [0.25, 0.3) is 0 Å². The smallest absolute Gasteiger partial charge is 0.0506 e. The third kappa shape index (κ3) is 3.51. The van der Waals surface area contributed by atoms with Crippen LogP contribution in [0.5, 0.6) is 0 Å². The number of thioether (sulfide) groups is 2. The highest BCUT2D eigenvalue weighted by Crippen LogP contribution is 2.40. The second-order valence-corrected chi connectivity index (χ2v) is 6.25. The van der Waals surface area contributed by atoms with Crippen molar-refractivity contribution in [2.24, 2.45) is 0 Å². The summed E-state index contributed by atoms with van der Waals surface area (Å²) in [6.45, 7) is 2.26. The van der Waals surface area contributed by atoms with Crippen LogP contribution in [0.25, 0.3) is 0 Å². The first kappa shape index (κ1) is 10.1. The molecule has 0 aromatic heterocycles. The van der Waals surface area contributed by atoms with Gasteiger partial charge in [-0.2, -0.15) is 12.6 Å². The van der Waals surface area contributed by atoms with Gasteiger partial charge < -0.3 is 0 Å². The molecule has 0 aromatic carbocycles. The lowest BCUT2D eigenvalue weighted by Crippen LogP contribution is -2.01. The van der Waals surface area contributed by atoms with Gasteiger partial charge in [-0.1, -0.05) is 19.8 Å². The van der Waals surface area contributed by atoms with Gasteiger partial charge in [-0.15, -0.1) is 23.5 Å². The van der Waals surface area contributed by atoms with Crippen LogP contribution >= 0.6 is 36.2 Å². The minimum Gasteiger partial charge on any atom is -0.178 e. The lowest BCUT2D eigenvalue weighted by atomic mass is 10.3. The molecular weight excluding hydrogens is 192 g/mol. The van der Waals surface area contributed by atoms with E-state index in [0.29, 0.717) is 0 Å². The average molecular weight is 208 g/mol. The number of rotatable bonds is 4. The van der Waals surface area contributed by atoms with Crippen LogP contribution in [0.15, 0.2) is 0 Å². The summed E-state index contributed by atoms with van der Waals surface area (Å²) in [7, 11) is 0. The molecule has 0 spiro atoms. The van der Waals surface area contributed by atoms with Gasteiger partial charge in [0, 0.05) is 16.8 Å². The first-order valence-corrected chi connectivity index (χ1v) is 6.87. The fraction of sp³-hybridized carbons (Fsp3) is 1.00. The Morgan fingerprint density at radius 2 is 2.36 bits per heavy atom. The highest BCUT2D eigenvalue weighted by Gasteiger charge is 2.23. The molecule has 0 radical (unpaired) electrons. The molecule has 1 aliphatic heterocycles. The molecule has 0 aromatic rings. The Morgan fingerprint density at radius 1 is 1.55 bits per heavy atom. The van der Waals surface area contributed by atoms with Crippen LogP contribution < -0.4 is 0 Å². The summed E-state index contributed by atoms with van der Waals surface area (Å²) in [6.07, 6.45) is 4.13. The van der Waals surface area contributed by atoms with Crippen LogP contribution in [0.4, 0.5) is 0 Å². The van der Waals surface area contributed by atoms with E-state index in [1.165, 1.54) is 25.0 Å². The topological polar surface area (TPSA) is 0 Å². The van der Waals surface area contributed by atoms with Crippen molar-refractivity contribution in [3.63, 3.8) is 0 Å². The fourth-order valence-electron chi connectivity index (χ4n) is 1.13. The van der Waals surface area contributed by atoms with E-state index in [9.17, 15) is 0 Å². The molecule has 66 valence electrons. The van der Waals surface area contributed by atoms with Crippen LogP contribution in [0.2, 0.25) is 0 Å². The normalized spacial score (nSPS) is 31.1. The first-order valence-electron chi connectivity index (χ1n) is 4.24. The Bertz CT molecular complexity index is 106. The van der Waals surface area contributed by atoms with Crippen LogP contribution in [-0.2, 0) is 0 Å². The Kier molecular flexibility index (Phi) is 5.21. The monoisotopic (exact) mass is 208 g/mol. The first-order chi connectivity index (χ1) is 5.36. The predicted molar refractivity (Wildman–Crippen MR) is 61.0 cm³/mol. The maximum Gasteiger partial charge on any atom is 0.0506 e. The second kappa shape index (κ2) is 5.65. The maximum atomic E-state index is 4.31. The van der Waals surface area contributed by atoms with Gasteiger partial charge >= 0.3 is 0 Å². The number of thiol groups is 1. The van der Waals surface area contributed by atoms with E-state index in [1.807, 2.05) is 0 Å². The van der Waals surface area contributed by atoms with Crippen molar-refractivity contribution in [1.82, 2.24) is 0 Å². The molecule has 1 heterocycles. The molecule has 0 nitrogen and oxygen atoms in total. The van der Waals surface area contributed by atoms with Gasteiger partial charge in [0.05, 0.1) is 4.58 Å². The van der Waals surface area contributed by atoms with Gasteiger partial charge in [0.2, 0.25) is 0 Å². The second-order valence-electron chi connectivity index (χ2n) is 2.85. The van der Waals surface area contributed by atoms with Gasteiger partial charge in [0.1, 0.15) is 0 Å². The molecule has 0 bridgehead atoms. The maximum absolute atomic E-state index is 4.31. The standard InChI is InChI=1S/C8H16S3/c1-2-3-4-8-10-6-7(5-9)11-8/h7-9H,2-6H2,1H3. The largest absolute Gasteiger partial charge is 0.178 e. The Morgan fingerprint density at radius 3 is 2.91 bits per heavy atom. The van der Waals surface area contributed by atoms with Crippen molar-refractivity contribution in [2.45, 2.75) is 36.0 Å². The molecule has 2 atom stereocenters. The van der Waals surface area contributed by atoms with Gasteiger partial charge in [-0.05, 0) is 6.42 Å². The van der Waals surface area contributed by atoms with E-state index in [-0.39, 0.29) is 0 Å².